The molecule has 144 valence electrons. The van der Waals surface area contributed by atoms with E-state index in [0.717, 1.165) is 16.7 Å². The largest absolute Gasteiger partial charge is 0.441 e. The van der Waals surface area contributed by atoms with Gasteiger partial charge in [0.1, 0.15) is 5.75 Å². The first-order valence-electron chi connectivity index (χ1n) is 8.92. The van der Waals surface area contributed by atoms with Crippen molar-refractivity contribution in [2.45, 2.75) is 25.7 Å². The van der Waals surface area contributed by atoms with Gasteiger partial charge in [0.2, 0.25) is 5.91 Å². The van der Waals surface area contributed by atoms with E-state index >= 15 is 0 Å². The number of aryl methyl sites for hydroxylation is 1. The number of likely N-dealkylation sites (tertiary alicyclic amines) is 1. The summed E-state index contributed by atoms with van der Waals surface area (Å²) in [7, 11) is 0. The molecule has 28 heavy (non-hydrogen) atoms. The van der Waals surface area contributed by atoms with E-state index in [2.05, 4.69) is 0 Å². The van der Waals surface area contributed by atoms with E-state index in [0.29, 0.717) is 27.8 Å². The number of imide groups is 1. The van der Waals surface area contributed by atoms with Crippen LogP contribution in [0.1, 0.15) is 29.0 Å². The number of nitrogens with zero attached hydrogens (tertiary/aromatic N) is 1. The van der Waals surface area contributed by atoms with Gasteiger partial charge in [-0.1, -0.05) is 41.4 Å². The molecule has 0 spiro atoms. The first-order valence-corrected chi connectivity index (χ1v) is 9.67. The van der Waals surface area contributed by atoms with Crippen LogP contribution in [0, 0.1) is 6.92 Å². The maximum absolute atomic E-state index is 13.1. The normalized spacial score (nSPS) is 18.7. The minimum atomic E-state index is -0.407. The number of nitrogens with two attached hydrogens (primary N) is 1. The van der Waals surface area contributed by atoms with Crippen LogP contribution in [0.2, 0.25) is 10.0 Å². The third-order valence-electron chi connectivity index (χ3n) is 5.15. The molecule has 1 atom stereocenters. The fraction of sp³-hybridized carbons (Fsp3) is 0.238. The van der Waals surface area contributed by atoms with Gasteiger partial charge in [0, 0.05) is 34.5 Å². The molecule has 1 saturated heterocycles. The van der Waals surface area contributed by atoms with Crippen molar-refractivity contribution in [1.29, 1.82) is 0 Å². The van der Waals surface area contributed by atoms with Crippen LogP contribution < -0.4 is 10.5 Å². The smallest absolute Gasteiger partial charge is 0.262 e. The topological polar surface area (TPSA) is 72.6 Å². The Hall–Kier alpha value is -2.50. The van der Waals surface area contributed by atoms with Gasteiger partial charge < -0.3 is 10.5 Å². The van der Waals surface area contributed by atoms with Crippen molar-refractivity contribution in [1.82, 2.24) is 4.90 Å². The molecule has 0 saturated carbocycles. The highest BCUT2D eigenvalue weighted by molar-refractivity contribution is 6.35. The number of fused-ring (bicyclic) bond motifs is 3. The molecule has 4 rings (SSSR count). The second kappa shape index (κ2) is 7.15. The number of carbonyl (C=O) groups excluding carboxylic acids is 2. The number of hydrogen-bond donors (Lipinski definition) is 1. The number of rotatable bonds is 3. The predicted octanol–water partition coefficient (Wildman–Crippen LogP) is 3.95. The summed E-state index contributed by atoms with van der Waals surface area (Å²) < 4.78 is 5.69. The number of ether oxygens (including phenoxy) is 1. The van der Waals surface area contributed by atoms with Crippen molar-refractivity contribution >= 4 is 35.0 Å². The lowest BCUT2D eigenvalue weighted by molar-refractivity contribution is -0.145. The van der Waals surface area contributed by atoms with Crippen molar-refractivity contribution in [3.8, 4) is 5.75 Å². The SMILES string of the molecule is Cc1ccc2c(c1)OC(N)=C1C(=O)N(CCc3ccc(Cl)cc3Cl)C(=O)CC12. The minimum Gasteiger partial charge on any atom is -0.441 e. The zero-order chi connectivity index (χ0) is 20.0. The Kier molecular flexibility index (Phi) is 4.81. The highest BCUT2D eigenvalue weighted by atomic mass is 35.5. The molecule has 0 radical (unpaired) electrons. The number of benzene rings is 2. The Bertz CT molecular complexity index is 1030. The standard InChI is InChI=1S/C21H18Cl2N2O3/c1-11-2-5-14-15-10-18(26)25(7-6-12-3-4-13(22)9-16(12)23)21(27)19(15)20(24)28-17(14)8-11/h2-5,8-9,15H,6-7,10,24H2,1H3. The molecule has 0 aromatic heterocycles. The fourth-order valence-corrected chi connectivity index (χ4v) is 4.21. The van der Waals surface area contributed by atoms with Crippen LogP contribution in [-0.4, -0.2) is 23.3 Å². The molecule has 2 heterocycles. The summed E-state index contributed by atoms with van der Waals surface area (Å²) in [5.74, 6) is -0.344. The third-order valence-corrected chi connectivity index (χ3v) is 5.74. The zero-order valence-electron chi connectivity index (χ0n) is 15.2. The van der Waals surface area contributed by atoms with Gasteiger partial charge in [0.05, 0.1) is 5.57 Å². The summed E-state index contributed by atoms with van der Waals surface area (Å²) in [5, 5.41) is 1.04. The van der Waals surface area contributed by atoms with Crippen LogP contribution >= 0.6 is 23.2 Å². The lowest BCUT2D eigenvalue weighted by atomic mass is 9.82. The second-order valence-corrected chi connectivity index (χ2v) is 7.86. The summed E-state index contributed by atoms with van der Waals surface area (Å²) >= 11 is 12.1. The molecule has 2 N–H and O–H groups in total. The number of amides is 2. The van der Waals surface area contributed by atoms with Gasteiger partial charge in [0.25, 0.3) is 5.91 Å². The van der Waals surface area contributed by atoms with Crippen molar-refractivity contribution in [3.63, 3.8) is 0 Å². The van der Waals surface area contributed by atoms with Crippen LogP contribution in [0.5, 0.6) is 5.75 Å². The molecule has 2 aliphatic heterocycles. The molecule has 2 amide bonds. The van der Waals surface area contributed by atoms with Crippen molar-refractivity contribution in [2.24, 2.45) is 5.73 Å². The summed E-state index contributed by atoms with van der Waals surface area (Å²) in [4.78, 5) is 27.0. The Morgan fingerprint density at radius 1 is 1.18 bits per heavy atom. The minimum absolute atomic E-state index is 0.0649. The maximum atomic E-state index is 13.1. The lowest BCUT2D eigenvalue weighted by Crippen LogP contribution is -2.47. The first-order chi connectivity index (χ1) is 13.3. The van der Waals surface area contributed by atoms with Gasteiger partial charge in [-0.05, 0) is 42.7 Å². The highest BCUT2D eigenvalue weighted by Gasteiger charge is 2.43. The third kappa shape index (κ3) is 3.25. The monoisotopic (exact) mass is 416 g/mol. The zero-order valence-corrected chi connectivity index (χ0v) is 16.7. The van der Waals surface area contributed by atoms with Gasteiger partial charge >= 0.3 is 0 Å². The van der Waals surface area contributed by atoms with E-state index in [9.17, 15) is 9.59 Å². The highest BCUT2D eigenvalue weighted by Crippen LogP contribution is 2.43. The molecule has 1 unspecified atom stereocenters. The molecule has 0 bridgehead atoms. The van der Waals surface area contributed by atoms with E-state index in [1.54, 1.807) is 18.2 Å². The molecule has 7 heteroatoms. The molecule has 2 aromatic rings. The van der Waals surface area contributed by atoms with Gasteiger partial charge in [-0.15, -0.1) is 0 Å². The number of hydrogen-bond acceptors (Lipinski definition) is 4. The quantitative estimate of drug-likeness (QED) is 0.768. The number of carbonyl (C=O) groups is 2. The second-order valence-electron chi connectivity index (χ2n) is 7.01. The van der Waals surface area contributed by atoms with E-state index in [1.807, 2.05) is 25.1 Å². The van der Waals surface area contributed by atoms with Crippen molar-refractivity contribution in [3.05, 3.63) is 74.6 Å². The van der Waals surface area contributed by atoms with Crippen LogP contribution in [0.3, 0.4) is 0 Å². The summed E-state index contributed by atoms with van der Waals surface area (Å²) in [5.41, 5.74) is 9.06. The predicted molar refractivity (Wildman–Crippen MR) is 107 cm³/mol. The van der Waals surface area contributed by atoms with E-state index in [-0.39, 0.29) is 30.7 Å². The fourth-order valence-electron chi connectivity index (χ4n) is 3.71. The van der Waals surface area contributed by atoms with Gasteiger partial charge in [0.15, 0.2) is 5.88 Å². The lowest BCUT2D eigenvalue weighted by Gasteiger charge is -2.36. The maximum Gasteiger partial charge on any atom is 0.262 e. The van der Waals surface area contributed by atoms with Crippen molar-refractivity contribution in [2.75, 3.05) is 6.54 Å². The van der Waals surface area contributed by atoms with Crippen LogP contribution in [0.25, 0.3) is 0 Å². The van der Waals surface area contributed by atoms with Gasteiger partial charge in [-0.2, -0.15) is 0 Å². The molecule has 1 fully saturated rings. The first kappa shape index (κ1) is 18.8. The van der Waals surface area contributed by atoms with Crippen LogP contribution in [-0.2, 0) is 16.0 Å². The van der Waals surface area contributed by atoms with Crippen molar-refractivity contribution < 1.29 is 14.3 Å². The van der Waals surface area contributed by atoms with Gasteiger partial charge in [-0.25, -0.2) is 0 Å². The Balaban J connectivity index is 1.59. The number of halogens is 2. The molecule has 2 aliphatic rings. The summed E-state index contributed by atoms with van der Waals surface area (Å²) in [6, 6.07) is 10.9. The van der Waals surface area contributed by atoms with Gasteiger partial charge in [-0.3, -0.25) is 14.5 Å². The molecule has 5 nitrogen and oxygen atoms in total. The average Bonchev–Trinajstić information content (AvgIpc) is 2.62. The number of piperidine rings is 1. The Labute approximate surface area is 172 Å². The van der Waals surface area contributed by atoms with Crippen LogP contribution in [0.15, 0.2) is 47.9 Å². The molecular formula is C21H18Cl2N2O3. The summed E-state index contributed by atoms with van der Waals surface area (Å²) in [6.45, 7) is 2.16. The van der Waals surface area contributed by atoms with E-state index in [1.165, 1.54) is 4.90 Å². The van der Waals surface area contributed by atoms with E-state index < -0.39 is 5.91 Å². The Morgan fingerprint density at radius 2 is 1.96 bits per heavy atom. The molecule has 0 aliphatic carbocycles. The average molecular weight is 417 g/mol. The molecular weight excluding hydrogens is 399 g/mol. The Morgan fingerprint density at radius 3 is 2.71 bits per heavy atom. The van der Waals surface area contributed by atoms with E-state index in [4.69, 9.17) is 33.7 Å². The molecule has 2 aromatic carbocycles. The van der Waals surface area contributed by atoms with Crippen LogP contribution in [0.4, 0.5) is 0 Å². The summed E-state index contributed by atoms with van der Waals surface area (Å²) in [6.07, 6.45) is 0.609.